The molecule has 3 aromatic carbocycles. The molecule has 0 atom stereocenters. The van der Waals surface area contributed by atoms with Crippen molar-refractivity contribution in [3.05, 3.63) is 71.3 Å². The number of hydrogen-bond acceptors (Lipinski definition) is 15. The molecule has 1 aliphatic rings. The second-order valence-electron chi connectivity index (χ2n) is 12.5. The van der Waals surface area contributed by atoms with Crippen LogP contribution in [0.3, 0.4) is 0 Å². The van der Waals surface area contributed by atoms with Crippen LogP contribution < -0.4 is 10.6 Å². The average molecular weight is 780 g/mol. The molecule has 0 saturated carbocycles. The zero-order valence-corrected chi connectivity index (χ0v) is 30.5. The summed E-state index contributed by atoms with van der Waals surface area (Å²) >= 11 is 0. The van der Waals surface area contributed by atoms with E-state index in [4.69, 9.17) is 9.47 Å². The monoisotopic (exact) mass is 779 g/mol. The fourth-order valence-electron chi connectivity index (χ4n) is 5.57. The number of benzene rings is 3. The van der Waals surface area contributed by atoms with Gasteiger partial charge in [0.25, 0.3) is 11.8 Å². The Morgan fingerprint density at radius 2 is 1.12 bits per heavy atom. The number of aromatic hydroxyl groups is 6. The molecular weight excluding hydrogens is 734 g/mol. The van der Waals surface area contributed by atoms with Crippen LogP contribution in [0, 0.1) is 0 Å². The first-order valence-corrected chi connectivity index (χ1v) is 17.8. The Labute approximate surface area is 321 Å². The number of rotatable bonds is 20. The minimum absolute atomic E-state index is 0.0105. The maximum absolute atomic E-state index is 13.3. The molecule has 18 nitrogen and oxygen atoms in total. The highest BCUT2D eigenvalue weighted by atomic mass is 16.5. The summed E-state index contributed by atoms with van der Waals surface area (Å²) in [6.45, 7) is 1.15. The molecule has 300 valence electrons. The molecule has 18 heteroatoms. The molecule has 0 aromatic heterocycles. The summed E-state index contributed by atoms with van der Waals surface area (Å²) in [7, 11) is 0. The van der Waals surface area contributed by atoms with Gasteiger partial charge in [0.1, 0.15) is 19.0 Å². The highest BCUT2D eigenvalue weighted by Crippen LogP contribution is 2.31. The lowest BCUT2D eigenvalue weighted by molar-refractivity contribution is -0.144. The standard InChI is InChI=1S/C38H45N5O13/c44-27-9-1-6-24(33(27)50)36-39-17-19-43(36)30(47)14-18-42(20-22-55-31(48)12-4-15-40-37(53)25-7-2-10-28(45)34(25)51)21-23-56-32(49)13-5-16-41-38(54)26-8-3-11-29(46)35(26)52/h1-3,6-11,44-46,50-52H,4-5,12-23H2,(H,40,53)(H,41,54). The number of amides is 3. The van der Waals surface area contributed by atoms with Gasteiger partial charge >= 0.3 is 11.9 Å². The lowest BCUT2D eigenvalue weighted by Gasteiger charge is -2.24. The highest BCUT2D eigenvalue weighted by Gasteiger charge is 2.28. The number of ether oxygens (including phenoxy) is 2. The van der Waals surface area contributed by atoms with E-state index in [9.17, 15) is 54.6 Å². The molecule has 0 saturated heterocycles. The number of phenolic OH excluding ortho intramolecular Hbond substituents is 6. The Hall–Kier alpha value is -6.56. The Morgan fingerprint density at radius 3 is 1.64 bits per heavy atom. The maximum Gasteiger partial charge on any atom is 0.305 e. The fourth-order valence-corrected chi connectivity index (χ4v) is 5.57. The van der Waals surface area contributed by atoms with Crippen LogP contribution in [0.2, 0.25) is 0 Å². The van der Waals surface area contributed by atoms with Crippen molar-refractivity contribution in [2.75, 3.05) is 59.0 Å². The van der Waals surface area contributed by atoms with E-state index in [1.54, 1.807) is 4.90 Å². The van der Waals surface area contributed by atoms with Crippen LogP contribution in [-0.2, 0) is 23.9 Å². The smallest absolute Gasteiger partial charge is 0.305 e. The topological polar surface area (TPSA) is 268 Å². The van der Waals surface area contributed by atoms with Crippen molar-refractivity contribution < 1.29 is 64.1 Å². The second-order valence-corrected chi connectivity index (χ2v) is 12.5. The molecule has 0 radical (unpaired) electrons. The molecule has 0 spiro atoms. The van der Waals surface area contributed by atoms with E-state index in [0.29, 0.717) is 6.54 Å². The van der Waals surface area contributed by atoms with Gasteiger partial charge in [-0.1, -0.05) is 18.2 Å². The largest absolute Gasteiger partial charge is 0.504 e. The molecule has 3 aromatic rings. The molecule has 8 N–H and O–H groups in total. The SMILES string of the molecule is O=C(CCCNC(=O)c1cccc(O)c1O)OCCN(CCOC(=O)CCCNC(=O)c1cccc(O)c1O)CCC(=O)N1CCN=C1c1cccc(O)c1O. The lowest BCUT2D eigenvalue weighted by atomic mass is 10.1. The van der Waals surface area contributed by atoms with E-state index in [-0.39, 0.29) is 119 Å². The van der Waals surface area contributed by atoms with Gasteiger partial charge in [-0.05, 0) is 49.2 Å². The van der Waals surface area contributed by atoms with E-state index in [1.807, 2.05) is 0 Å². The molecule has 3 amide bonds. The van der Waals surface area contributed by atoms with E-state index < -0.39 is 52.5 Å². The summed E-state index contributed by atoms with van der Waals surface area (Å²) in [6, 6.07) is 12.3. The van der Waals surface area contributed by atoms with Crippen molar-refractivity contribution in [1.29, 1.82) is 0 Å². The van der Waals surface area contributed by atoms with Crippen LogP contribution >= 0.6 is 0 Å². The van der Waals surface area contributed by atoms with Crippen molar-refractivity contribution in [3.63, 3.8) is 0 Å². The minimum atomic E-state index is -0.624. The number of nitrogens with zero attached hydrogens (tertiary/aromatic N) is 3. The second kappa shape index (κ2) is 20.8. The first-order valence-electron chi connectivity index (χ1n) is 17.8. The zero-order valence-electron chi connectivity index (χ0n) is 30.5. The van der Waals surface area contributed by atoms with Crippen molar-refractivity contribution in [3.8, 4) is 34.5 Å². The number of para-hydroxylation sites is 3. The van der Waals surface area contributed by atoms with Crippen molar-refractivity contribution >= 4 is 35.5 Å². The predicted molar refractivity (Wildman–Crippen MR) is 199 cm³/mol. The molecule has 1 heterocycles. The zero-order chi connectivity index (χ0) is 40.6. The third kappa shape index (κ3) is 12.0. The Bertz CT molecular complexity index is 1830. The normalized spacial score (nSPS) is 12.2. The van der Waals surface area contributed by atoms with Crippen molar-refractivity contribution in [2.45, 2.75) is 32.1 Å². The van der Waals surface area contributed by atoms with Gasteiger partial charge in [0.15, 0.2) is 34.5 Å². The van der Waals surface area contributed by atoms with Crippen molar-refractivity contribution in [2.24, 2.45) is 4.99 Å². The van der Waals surface area contributed by atoms with Crippen LogP contribution in [-0.4, -0.2) is 135 Å². The summed E-state index contributed by atoms with van der Waals surface area (Å²) in [5.74, 6) is -5.14. The van der Waals surface area contributed by atoms with Crippen LogP contribution in [0.4, 0.5) is 0 Å². The number of amidine groups is 1. The summed E-state index contributed by atoms with van der Waals surface area (Å²) in [6.07, 6.45) is 0.389. The summed E-state index contributed by atoms with van der Waals surface area (Å²) in [4.78, 5) is 70.3. The van der Waals surface area contributed by atoms with Crippen LogP contribution in [0.1, 0.15) is 58.4 Å². The lowest BCUT2D eigenvalue weighted by Crippen LogP contribution is -2.39. The summed E-state index contributed by atoms with van der Waals surface area (Å²) in [5.41, 5.74) is -0.0144. The molecule has 56 heavy (non-hydrogen) atoms. The highest BCUT2D eigenvalue weighted by molar-refractivity contribution is 6.10. The Kier molecular flexibility index (Phi) is 15.6. The number of aliphatic imine (C=N–C) groups is 1. The molecular formula is C38H45N5O13. The molecule has 4 rings (SSSR count). The fraction of sp³-hybridized carbons (Fsp3) is 0.368. The molecule has 0 bridgehead atoms. The van der Waals surface area contributed by atoms with Gasteiger partial charge in [0.2, 0.25) is 5.91 Å². The van der Waals surface area contributed by atoms with Gasteiger partial charge in [0.05, 0.1) is 23.2 Å². The molecule has 1 aliphatic heterocycles. The van der Waals surface area contributed by atoms with E-state index in [0.717, 1.165) is 0 Å². The molecule has 0 fully saturated rings. The van der Waals surface area contributed by atoms with Gasteiger partial charge in [-0.2, -0.15) is 0 Å². The quantitative estimate of drug-likeness (QED) is 0.0461. The first-order chi connectivity index (χ1) is 26.9. The van der Waals surface area contributed by atoms with Gasteiger partial charge in [-0.3, -0.25) is 38.8 Å². The minimum Gasteiger partial charge on any atom is -0.504 e. The summed E-state index contributed by atoms with van der Waals surface area (Å²) in [5, 5.41) is 64.3. The maximum atomic E-state index is 13.3. The van der Waals surface area contributed by atoms with Crippen LogP contribution in [0.15, 0.2) is 59.6 Å². The van der Waals surface area contributed by atoms with Gasteiger partial charge < -0.3 is 50.7 Å². The average Bonchev–Trinajstić information content (AvgIpc) is 3.67. The van der Waals surface area contributed by atoms with Crippen LogP contribution in [0.25, 0.3) is 0 Å². The van der Waals surface area contributed by atoms with Gasteiger partial charge in [-0.15, -0.1) is 0 Å². The Balaban J connectivity index is 1.23. The van der Waals surface area contributed by atoms with E-state index in [1.165, 1.54) is 59.5 Å². The predicted octanol–water partition coefficient (Wildman–Crippen LogP) is 1.71. The summed E-state index contributed by atoms with van der Waals surface area (Å²) < 4.78 is 10.7. The number of phenols is 6. The van der Waals surface area contributed by atoms with Gasteiger partial charge in [-0.25, -0.2) is 0 Å². The Morgan fingerprint density at radius 1 is 0.643 bits per heavy atom. The third-order valence-electron chi connectivity index (χ3n) is 8.59. The number of carbonyl (C=O) groups is 5. The van der Waals surface area contributed by atoms with Crippen molar-refractivity contribution in [1.82, 2.24) is 20.4 Å². The number of esters is 2. The number of nitrogens with one attached hydrogen (secondary N) is 2. The van der Waals surface area contributed by atoms with E-state index >= 15 is 0 Å². The number of hydrogen-bond donors (Lipinski definition) is 8. The molecule has 0 unspecified atom stereocenters. The third-order valence-corrected chi connectivity index (χ3v) is 8.59. The van der Waals surface area contributed by atoms with Crippen LogP contribution in [0.5, 0.6) is 34.5 Å². The first kappa shape index (κ1) is 42.2. The number of carbonyl (C=O) groups excluding carboxylic acids is 5. The van der Waals surface area contributed by atoms with Gasteiger partial charge in [0, 0.05) is 58.5 Å². The van der Waals surface area contributed by atoms with E-state index in [2.05, 4.69) is 15.6 Å². The molecule has 0 aliphatic carbocycles.